The van der Waals surface area contributed by atoms with E-state index in [1.54, 1.807) is 0 Å². The zero-order valence-electron chi connectivity index (χ0n) is 32.4. The van der Waals surface area contributed by atoms with Crippen LogP contribution in [-0.2, 0) is 10.8 Å². The summed E-state index contributed by atoms with van der Waals surface area (Å²) >= 11 is 0. The van der Waals surface area contributed by atoms with Crippen molar-refractivity contribution in [1.29, 1.82) is 0 Å². The van der Waals surface area contributed by atoms with Gasteiger partial charge < -0.3 is 0 Å². The summed E-state index contributed by atoms with van der Waals surface area (Å²) in [6, 6.07) is 28.2. The van der Waals surface area contributed by atoms with Crippen molar-refractivity contribution in [3.05, 3.63) is 145 Å². The first kappa shape index (κ1) is 34.9. The van der Waals surface area contributed by atoms with E-state index in [2.05, 4.69) is 174 Å². The Morgan fingerprint density at radius 2 is 1.22 bits per heavy atom. The second-order valence-corrected chi connectivity index (χ2v) is 17.9. The molecular weight excluding hydrogens is 589 g/mol. The number of aryl methyl sites for hydroxylation is 2. The number of allylic oxidation sites excluding steroid dienone is 4. The van der Waals surface area contributed by atoms with Gasteiger partial charge in [-0.1, -0.05) is 172 Å². The highest BCUT2D eigenvalue weighted by Crippen LogP contribution is 2.45. The lowest BCUT2D eigenvalue weighted by atomic mass is 9.74. The second kappa shape index (κ2) is 12.8. The van der Waals surface area contributed by atoms with E-state index in [-0.39, 0.29) is 16.2 Å². The minimum absolute atomic E-state index is 0.0876. The standard InChI is InChI=1S/C49H58/c1-13-14-15-35-26-38(48(7,8)9)29-40(35)45-42-28-36-27-37(47(4,5)6)24-25-39(36)41(42)30-43(46(45)49(10,11)12)44(33-20-16-31(2)17-21-33)34-22-18-32(3)19-23-34/h16-30,35H,13-15H2,1-12H3. The molecule has 0 heterocycles. The maximum absolute atomic E-state index is 2.61. The molecule has 2 aliphatic rings. The average molecular weight is 647 g/mol. The molecule has 49 heavy (non-hydrogen) atoms. The molecule has 0 nitrogen and oxygen atoms in total. The zero-order valence-corrected chi connectivity index (χ0v) is 32.4. The maximum Gasteiger partial charge on any atom is 0.00303 e. The molecule has 1 unspecified atom stereocenters. The van der Waals surface area contributed by atoms with Crippen molar-refractivity contribution >= 4 is 17.2 Å². The lowest BCUT2D eigenvalue weighted by Gasteiger charge is -2.29. The predicted octanol–water partition coefficient (Wildman–Crippen LogP) is 12.1. The Morgan fingerprint density at radius 1 is 0.633 bits per heavy atom. The number of benzene rings is 4. The third-order valence-electron chi connectivity index (χ3n) is 10.7. The molecule has 0 aliphatic heterocycles. The second-order valence-electron chi connectivity index (χ2n) is 17.9. The molecule has 0 saturated heterocycles. The number of rotatable bonds is 6. The van der Waals surface area contributed by atoms with E-state index in [9.17, 15) is 0 Å². The Kier molecular flexibility index (Phi) is 9.11. The van der Waals surface area contributed by atoms with Crippen molar-refractivity contribution in [2.75, 3.05) is 0 Å². The van der Waals surface area contributed by atoms with Gasteiger partial charge in [0.15, 0.2) is 0 Å². The van der Waals surface area contributed by atoms with Crippen LogP contribution in [-0.4, -0.2) is 0 Å². The molecule has 0 bridgehead atoms. The van der Waals surface area contributed by atoms with Gasteiger partial charge in [-0.25, -0.2) is 0 Å². The predicted molar refractivity (Wildman–Crippen MR) is 215 cm³/mol. The SMILES string of the molecule is CCCCC1C=C(C(C)(C)C)C=C1c1c(C(C)(C)C)c(=C(c2ccc(C)cc2)c2ccc(C)cc2)cc2c1=Cc1cc(C(C)(C)C)ccc1-2. The monoisotopic (exact) mass is 646 g/mol. The van der Waals surface area contributed by atoms with Crippen molar-refractivity contribution < 1.29 is 0 Å². The molecule has 2 aliphatic carbocycles. The Balaban J connectivity index is 1.83. The van der Waals surface area contributed by atoms with Gasteiger partial charge in [0, 0.05) is 5.92 Å². The fourth-order valence-electron chi connectivity index (χ4n) is 7.83. The van der Waals surface area contributed by atoms with Crippen molar-refractivity contribution in [2.24, 2.45) is 11.3 Å². The highest BCUT2D eigenvalue weighted by Gasteiger charge is 2.33. The molecule has 4 aromatic rings. The van der Waals surface area contributed by atoms with Crippen LogP contribution < -0.4 is 10.4 Å². The van der Waals surface area contributed by atoms with Gasteiger partial charge in [-0.2, -0.15) is 0 Å². The molecule has 254 valence electrons. The Morgan fingerprint density at radius 3 is 1.73 bits per heavy atom. The summed E-state index contributed by atoms with van der Waals surface area (Å²) in [4.78, 5) is 0. The molecule has 1 atom stereocenters. The molecule has 0 heteroatoms. The molecule has 0 N–H and O–H groups in total. The van der Waals surface area contributed by atoms with Crippen LogP contribution in [0.15, 0.2) is 90.5 Å². The van der Waals surface area contributed by atoms with Crippen LogP contribution in [0.5, 0.6) is 0 Å². The molecular formula is C49H58. The van der Waals surface area contributed by atoms with Crippen molar-refractivity contribution in [3.8, 4) is 11.1 Å². The molecule has 0 spiro atoms. The smallest absolute Gasteiger partial charge is 0.00303 e. The fourth-order valence-corrected chi connectivity index (χ4v) is 7.83. The molecule has 0 fully saturated rings. The van der Waals surface area contributed by atoms with Gasteiger partial charge in [0.25, 0.3) is 0 Å². The van der Waals surface area contributed by atoms with Gasteiger partial charge in [-0.3, -0.25) is 0 Å². The minimum atomic E-state index is -0.111. The lowest BCUT2D eigenvalue weighted by Crippen LogP contribution is -2.33. The van der Waals surface area contributed by atoms with E-state index >= 15 is 0 Å². The van der Waals surface area contributed by atoms with Crippen molar-refractivity contribution in [3.63, 3.8) is 0 Å². The van der Waals surface area contributed by atoms with Gasteiger partial charge in [0.1, 0.15) is 0 Å². The Labute approximate surface area is 297 Å². The van der Waals surface area contributed by atoms with Crippen molar-refractivity contribution in [1.82, 2.24) is 0 Å². The van der Waals surface area contributed by atoms with Gasteiger partial charge in [-0.15, -0.1) is 0 Å². The molecule has 0 radical (unpaired) electrons. The van der Waals surface area contributed by atoms with Gasteiger partial charge in [0.2, 0.25) is 0 Å². The van der Waals surface area contributed by atoms with E-state index in [0.717, 1.165) is 0 Å². The highest BCUT2D eigenvalue weighted by atomic mass is 14.4. The lowest BCUT2D eigenvalue weighted by molar-refractivity contribution is 0.514. The van der Waals surface area contributed by atoms with Gasteiger partial charge >= 0.3 is 0 Å². The van der Waals surface area contributed by atoms with Crippen LogP contribution in [0.2, 0.25) is 0 Å². The minimum Gasteiger partial charge on any atom is -0.0732 e. The molecule has 4 aromatic carbocycles. The van der Waals surface area contributed by atoms with Crippen molar-refractivity contribution in [2.45, 2.75) is 113 Å². The number of hydrogen-bond donors (Lipinski definition) is 0. The fraction of sp³-hybridized carbons (Fsp3) is 0.388. The Hall–Kier alpha value is -3.90. The normalized spacial score (nSPS) is 15.8. The quantitative estimate of drug-likeness (QED) is 0.172. The van der Waals surface area contributed by atoms with Crippen LogP contribution in [0.1, 0.15) is 133 Å². The summed E-state index contributed by atoms with van der Waals surface area (Å²) in [6.45, 7) is 28.1. The van der Waals surface area contributed by atoms with E-state index in [1.165, 1.54) is 102 Å². The van der Waals surface area contributed by atoms with Gasteiger partial charge in [0.05, 0.1) is 0 Å². The third kappa shape index (κ3) is 6.81. The van der Waals surface area contributed by atoms with Gasteiger partial charge in [-0.05, 0) is 120 Å². The number of hydrogen-bond acceptors (Lipinski definition) is 0. The maximum atomic E-state index is 2.61. The summed E-state index contributed by atoms with van der Waals surface area (Å²) < 4.78 is 0. The van der Waals surface area contributed by atoms with E-state index in [1.807, 2.05) is 0 Å². The molecule has 0 saturated carbocycles. The molecule has 0 amide bonds. The first-order valence-corrected chi connectivity index (χ1v) is 18.6. The number of unbranched alkanes of at least 4 members (excludes halogenated alkanes) is 1. The van der Waals surface area contributed by atoms with Crippen LogP contribution in [0.25, 0.3) is 28.3 Å². The first-order chi connectivity index (χ1) is 23.0. The highest BCUT2D eigenvalue weighted by molar-refractivity contribution is 5.92. The molecule has 0 aromatic heterocycles. The van der Waals surface area contributed by atoms with Crippen LogP contribution in [0, 0.1) is 25.2 Å². The summed E-state index contributed by atoms with van der Waals surface area (Å²) in [5.74, 6) is 0.402. The van der Waals surface area contributed by atoms with E-state index in [4.69, 9.17) is 0 Å². The zero-order chi connectivity index (χ0) is 35.5. The summed E-state index contributed by atoms with van der Waals surface area (Å²) in [5, 5.41) is 2.76. The van der Waals surface area contributed by atoms with E-state index in [0.29, 0.717) is 5.92 Å². The van der Waals surface area contributed by atoms with E-state index < -0.39 is 0 Å². The Bertz CT molecular complexity index is 2020. The average Bonchev–Trinajstić information content (AvgIpc) is 3.62. The molecule has 6 rings (SSSR count). The topological polar surface area (TPSA) is 0 Å². The first-order valence-electron chi connectivity index (χ1n) is 18.6. The summed E-state index contributed by atoms with van der Waals surface area (Å²) in [5.41, 5.74) is 17.8. The van der Waals surface area contributed by atoms with Crippen LogP contribution >= 0.6 is 0 Å². The number of fused-ring (bicyclic) bond motifs is 3. The van der Waals surface area contributed by atoms with Crippen LogP contribution in [0.3, 0.4) is 0 Å². The summed E-state index contributed by atoms with van der Waals surface area (Å²) in [6.07, 6.45) is 11.3. The summed E-state index contributed by atoms with van der Waals surface area (Å²) in [7, 11) is 0. The largest absolute Gasteiger partial charge is 0.0732 e. The van der Waals surface area contributed by atoms with Crippen LogP contribution in [0.4, 0.5) is 0 Å². The third-order valence-corrected chi connectivity index (χ3v) is 10.7.